The van der Waals surface area contributed by atoms with E-state index < -0.39 is 5.97 Å². The van der Waals surface area contributed by atoms with Gasteiger partial charge in [-0.2, -0.15) is 4.68 Å². The van der Waals surface area contributed by atoms with E-state index in [1.807, 2.05) is 20.8 Å². The largest absolute Gasteiger partial charge is 0.478 e. The van der Waals surface area contributed by atoms with Crippen LogP contribution in [0.3, 0.4) is 0 Å². The molecular weight excluding hydrogens is 268 g/mol. The molecule has 0 radical (unpaired) electrons. The fourth-order valence-electron chi connectivity index (χ4n) is 1.64. The van der Waals surface area contributed by atoms with Gasteiger partial charge in [-0.1, -0.05) is 32.4 Å². The molecule has 1 N–H and O–H groups in total. The molecule has 100 valence electrons. The van der Waals surface area contributed by atoms with Gasteiger partial charge in [-0.05, 0) is 28.6 Å². The maximum Gasteiger partial charge on any atom is 0.337 e. The van der Waals surface area contributed by atoms with Crippen molar-refractivity contribution >= 4 is 17.6 Å². The van der Waals surface area contributed by atoms with Crippen molar-refractivity contribution in [2.45, 2.75) is 26.2 Å². The number of benzene rings is 1. The van der Waals surface area contributed by atoms with Crippen molar-refractivity contribution in [3.8, 4) is 5.69 Å². The van der Waals surface area contributed by atoms with Crippen LogP contribution in [0.4, 0.5) is 0 Å². The lowest BCUT2D eigenvalue weighted by molar-refractivity contribution is 0.0697. The molecule has 19 heavy (non-hydrogen) atoms. The van der Waals surface area contributed by atoms with E-state index in [9.17, 15) is 4.79 Å². The molecule has 2 rings (SSSR count). The first-order valence-electron chi connectivity index (χ1n) is 5.63. The average molecular weight is 281 g/mol. The van der Waals surface area contributed by atoms with Gasteiger partial charge in [0, 0.05) is 5.41 Å². The molecule has 0 spiro atoms. The lowest BCUT2D eigenvalue weighted by Crippen LogP contribution is -2.19. The summed E-state index contributed by atoms with van der Waals surface area (Å²) in [6.45, 7) is 5.97. The Hall–Kier alpha value is -1.95. The van der Waals surface area contributed by atoms with Gasteiger partial charge in [0.05, 0.1) is 16.3 Å². The second kappa shape index (κ2) is 4.62. The molecule has 0 bridgehead atoms. The number of hydrogen-bond donors (Lipinski definition) is 1. The second-order valence-corrected chi connectivity index (χ2v) is 5.54. The van der Waals surface area contributed by atoms with Crippen LogP contribution in [-0.2, 0) is 5.41 Å². The summed E-state index contributed by atoms with van der Waals surface area (Å²) in [5.41, 5.74) is 0.447. The van der Waals surface area contributed by atoms with Crippen LogP contribution in [0.5, 0.6) is 0 Å². The Morgan fingerprint density at radius 2 is 2.05 bits per heavy atom. The van der Waals surface area contributed by atoms with E-state index in [1.54, 1.807) is 10.7 Å². The van der Waals surface area contributed by atoms with Gasteiger partial charge in [0.25, 0.3) is 0 Å². The summed E-state index contributed by atoms with van der Waals surface area (Å²) < 4.78 is 1.55. The van der Waals surface area contributed by atoms with Crippen LogP contribution in [0.1, 0.15) is 37.0 Å². The highest BCUT2D eigenvalue weighted by Crippen LogP contribution is 2.24. The molecule has 6 nitrogen and oxygen atoms in total. The van der Waals surface area contributed by atoms with Crippen LogP contribution in [0.25, 0.3) is 5.69 Å². The van der Waals surface area contributed by atoms with Crippen LogP contribution < -0.4 is 0 Å². The number of carboxylic acids is 1. The molecule has 0 fully saturated rings. The average Bonchev–Trinajstić information content (AvgIpc) is 2.76. The zero-order chi connectivity index (χ0) is 14.2. The van der Waals surface area contributed by atoms with Crippen molar-refractivity contribution in [3.63, 3.8) is 0 Å². The summed E-state index contributed by atoms with van der Waals surface area (Å²) in [6, 6.07) is 4.60. The van der Waals surface area contributed by atoms with Gasteiger partial charge in [0.15, 0.2) is 5.82 Å². The third kappa shape index (κ3) is 2.58. The molecule has 0 unspecified atom stereocenters. The molecule has 7 heteroatoms. The van der Waals surface area contributed by atoms with Gasteiger partial charge < -0.3 is 5.11 Å². The predicted octanol–water partition coefficient (Wildman–Crippen LogP) is 2.31. The lowest BCUT2D eigenvalue weighted by Gasteiger charge is -2.17. The monoisotopic (exact) mass is 280 g/mol. The molecule has 1 aromatic carbocycles. The summed E-state index contributed by atoms with van der Waals surface area (Å²) >= 11 is 5.95. The molecule has 0 aliphatic rings. The Labute approximate surface area is 115 Å². The van der Waals surface area contributed by atoms with E-state index in [2.05, 4.69) is 15.5 Å². The summed E-state index contributed by atoms with van der Waals surface area (Å²) in [6.07, 6.45) is 0. The predicted molar refractivity (Wildman–Crippen MR) is 69.8 cm³/mol. The Morgan fingerprint density at radius 3 is 2.58 bits per heavy atom. The van der Waals surface area contributed by atoms with Gasteiger partial charge in [0.2, 0.25) is 0 Å². The van der Waals surface area contributed by atoms with Crippen LogP contribution in [0.15, 0.2) is 18.2 Å². The molecule has 2 aromatic rings. The van der Waals surface area contributed by atoms with Gasteiger partial charge in [-0.15, -0.1) is 5.10 Å². The molecule has 0 saturated carbocycles. The van der Waals surface area contributed by atoms with E-state index in [4.69, 9.17) is 16.7 Å². The molecule has 1 heterocycles. The number of halogens is 1. The molecule has 0 atom stereocenters. The van der Waals surface area contributed by atoms with E-state index >= 15 is 0 Å². The Morgan fingerprint density at radius 1 is 1.37 bits per heavy atom. The number of nitrogens with zero attached hydrogens (tertiary/aromatic N) is 4. The number of aromatic nitrogens is 4. The summed E-state index contributed by atoms with van der Waals surface area (Å²) in [5, 5.41) is 20.7. The van der Waals surface area contributed by atoms with Gasteiger partial charge >= 0.3 is 5.97 Å². The summed E-state index contributed by atoms with van der Waals surface area (Å²) in [7, 11) is 0. The number of aromatic carboxylic acids is 1. The van der Waals surface area contributed by atoms with Gasteiger partial charge in [0.1, 0.15) is 0 Å². The van der Waals surface area contributed by atoms with E-state index in [1.165, 1.54) is 12.1 Å². The van der Waals surface area contributed by atoms with Gasteiger partial charge in [-0.25, -0.2) is 4.79 Å². The standard InChI is InChI=1S/C12H13ClN4O2/c1-12(2,3)11-14-15-16-17(11)7-4-5-8(10(18)19)9(13)6-7/h4-6H,1-3H3,(H,18,19). The first-order valence-corrected chi connectivity index (χ1v) is 6.00. The van der Waals surface area contributed by atoms with Crippen molar-refractivity contribution in [1.82, 2.24) is 20.2 Å². The van der Waals surface area contributed by atoms with Crippen LogP contribution in [0.2, 0.25) is 5.02 Å². The van der Waals surface area contributed by atoms with Gasteiger partial charge in [-0.3, -0.25) is 0 Å². The first kappa shape index (κ1) is 13.5. The van der Waals surface area contributed by atoms with Crippen molar-refractivity contribution < 1.29 is 9.90 Å². The zero-order valence-electron chi connectivity index (χ0n) is 10.8. The Kier molecular flexibility index (Phi) is 3.28. The topological polar surface area (TPSA) is 80.9 Å². The maximum atomic E-state index is 10.9. The minimum atomic E-state index is -1.07. The van der Waals surface area contributed by atoms with Crippen LogP contribution >= 0.6 is 11.6 Å². The van der Waals surface area contributed by atoms with Crippen molar-refractivity contribution in [3.05, 3.63) is 34.6 Å². The SMILES string of the molecule is CC(C)(C)c1nnnn1-c1ccc(C(=O)O)c(Cl)c1. The number of carboxylic acid groups (broad SMARTS) is 1. The minimum Gasteiger partial charge on any atom is -0.478 e. The Bertz CT molecular complexity index is 631. The number of hydrogen-bond acceptors (Lipinski definition) is 4. The first-order chi connectivity index (χ1) is 8.80. The molecule has 0 aliphatic carbocycles. The zero-order valence-corrected chi connectivity index (χ0v) is 11.5. The van der Waals surface area contributed by atoms with Crippen molar-refractivity contribution in [2.24, 2.45) is 0 Å². The smallest absolute Gasteiger partial charge is 0.337 e. The number of rotatable bonds is 2. The molecule has 1 aromatic heterocycles. The highest BCUT2D eigenvalue weighted by molar-refractivity contribution is 6.33. The number of tetrazole rings is 1. The van der Waals surface area contributed by atoms with Crippen LogP contribution in [-0.4, -0.2) is 31.3 Å². The highest BCUT2D eigenvalue weighted by atomic mass is 35.5. The second-order valence-electron chi connectivity index (χ2n) is 5.13. The molecule has 0 saturated heterocycles. The third-order valence-electron chi connectivity index (χ3n) is 2.57. The van der Waals surface area contributed by atoms with Crippen molar-refractivity contribution in [2.75, 3.05) is 0 Å². The lowest BCUT2D eigenvalue weighted by atomic mass is 9.96. The summed E-state index contributed by atoms with van der Waals surface area (Å²) in [4.78, 5) is 10.9. The fourth-order valence-corrected chi connectivity index (χ4v) is 1.89. The Balaban J connectivity index is 2.52. The fraction of sp³-hybridized carbons (Fsp3) is 0.333. The minimum absolute atomic E-state index is 0.0517. The van der Waals surface area contributed by atoms with E-state index in [0.717, 1.165) is 0 Å². The molecule has 0 amide bonds. The number of carbonyl (C=O) groups is 1. The van der Waals surface area contributed by atoms with Crippen LogP contribution in [0, 0.1) is 0 Å². The quantitative estimate of drug-likeness (QED) is 0.913. The molecular formula is C12H13ClN4O2. The summed E-state index contributed by atoms with van der Waals surface area (Å²) in [5.74, 6) is -0.393. The maximum absolute atomic E-state index is 10.9. The van der Waals surface area contributed by atoms with E-state index in [0.29, 0.717) is 11.5 Å². The molecule has 0 aliphatic heterocycles. The third-order valence-corrected chi connectivity index (χ3v) is 2.88. The highest BCUT2D eigenvalue weighted by Gasteiger charge is 2.23. The van der Waals surface area contributed by atoms with Crippen molar-refractivity contribution in [1.29, 1.82) is 0 Å². The van der Waals surface area contributed by atoms with E-state index in [-0.39, 0.29) is 16.0 Å². The normalized spacial score (nSPS) is 11.6.